The second-order valence-corrected chi connectivity index (χ2v) is 2.60. The Kier molecular flexibility index (Phi) is 2.31. The fraction of sp³-hybridized carbons (Fsp3) is 0. The highest BCUT2D eigenvalue weighted by Crippen LogP contribution is 2.21. The summed E-state index contributed by atoms with van der Waals surface area (Å²) >= 11 is 11.0. The first-order valence-corrected chi connectivity index (χ1v) is 3.47. The fourth-order valence-corrected chi connectivity index (χ4v) is 1.12. The van der Waals surface area contributed by atoms with Gasteiger partial charge in [-0.2, -0.15) is 0 Å². The molecule has 0 atom stereocenters. The van der Waals surface area contributed by atoms with Crippen molar-refractivity contribution in [2.75, 3.05) is 5.73 Å². The highest BCUT2D eigenvalue weighted by Gasteiger charge is 2.05. The van der Waals surface area contributed by atoms with E-state index in [0.717, 1.165) is 0 Å². The molecule has 11 heavy (non-hydrogen) atoms. The predicted octanol–water partition coefficient (Wildman–Crippen LogP) is 1.78. The minimum Gasteiger partial charge on any atom is -0.398 e. The van der Waals surface area contributed by atoms with Crippen molar-refractivity contribution < 1.29 is 4.79 Å². The van der Waals surface area contributed by atoms with Gasteiger partial charge in [0.2, 0.25) is 0 Å². The van der Waals surface area contributed by atoms with Gasteiger partial charge in [0.15, 0.2) is 6.29 Å². The SMILES string of the molecule is Nc1cc(Cl)nc(Cl)c1C=O. The van der Waals surface area contributed by atoms with Crippen molar-refractivity contribution in [1.29, 1.82) is 0 Å². The number of hydrogen-bond acceptors (Lipinski definition) is 3. The molecular weight excluding hydrogens is 187 g/mol. The van der Waals surface area contributed by atoms with E-state index in [1.807, 2.05) is 0 Å². The maximum Gasteiger partial charge on any atom is 0.155 e. The number of anilines is 1. The number of nitrogens with two attached hydrogens (primary N) is 1. The molecule has 0 fully saturated rings. The minimum absolute atomic E-state index is 0.0324. The number of halogens is 2. The number of pyridine rings is 1. The third-order valence-electron chi connectivity index (χ3n) is 1.13. The van der Waals surface area contributed by atoms with E-state index < -0.39 is 0 Å². The Morgan fingerprint density at radius 2 is 2.18 bits per heavy atom. The number of hydrogen-bond donors (Lipinski definition) is 1. The van der Waals surface area contributed by atoms with Crippen LogP contribution in [0.15, 0.2) is 6.07 Å². The van der Waals surface area contributed by atoms with Gasteiger partial charge in [-0.15, -0.1) is 0 Å². The largest absolute Gasteiger partial charge is 0.398 e. The van der Waals surface area contributed by atoms with Crippen LogP contribution in [0.3, 0.4) is 0 Å². The van der Waals surface area contributed by atoms with Crippen molar-refractivity contribution in [1.82, 2.24) is 4.98 Å². The average molecular weight is 191 g/mol. The topological polar surface area (TPSA) is 56.0 Å². The van der Waals surface area contributed by atoms with E-state index in [9.17, 15) is 4.79 Å². The standard InChI is InChI=1S/C6H4Cl2N2O/c7-5-1-4(9)3(2-11)6(8)10-5/h1-2H,(H2,9,10). The van der Waals surface area contributed by atoms with Crippen LogP contribution >= 0.6 is 23.2 Å². The number of aromatic nitrogens is 1. The van der Waals surface area contributed by atoms with Gasteiger partial charge in [0.05, 0.1) is 5.56 Å². The van der Waals surface area contributed by atoms with Gasteiger partial charge < -0.3 is 5.73 Å². The summed E-state index contributed by atoms with van der Waals surface area (Å²) in [7, 11) is 0. The number of carbonyl (C=O) groups is 1. The summed E-state index contributed by atoms with van der Waals surface area (Å²) in [5, 5.41) is 0.211. The Bertz CT molecular complexity index is 278. The van der Waals surface area contributed by atoms with Gasteiger partial charge in [0.25, 0.3) is 0 Å². The van der Waals surface area contributed by atoms with Crippen LogP contribution in [0.4, 0.5) is 5.69 Å². The molecule has 0 saturated heterocycles. The molecule has 1 aromatic rings. The Hall–Kier alpha value is -0.800. The molecule has 0 bridgehead atoms. The molecule has 0 radical (unpaired) electrons. The van der Waals surface area contributed by atoms with Gasteiger partial charge in [-0.05, 0) is 6.07 Å². The molecule has 1 aromatic heterocycles. The molecular formula is C6H4Cl2N2O. The quantitative estimate of drug-likeness (QED) is 0.543. The molecule has 3 nitrogen and oxygen atoms in total. The summed E-state index contributed by atoms with van der Waals surface area (Å²) in [6.45, 7) is 0. The molecule has 1 heterocycles. The Labute approximate surface area is 73.1 Å². The fourth-order valence-electron chi connectivity index (χ4n) is 0.628. The monoisotopic (exact) mass is 190 g/mol. The lowest BCUT2D eigenvalue weighted by atomic mass is 10.3. The molecule has 0 amide bonds. The first kappa shape index (κ1) is 8.30. The van der Waals surface area contributed by atoms with E-state index in [1.165, 1.54) is 6.07 Å². The van der Waals surface area contributed by atoms with Gasteiger partial charge >= 0.3 is 0 Å². The van der Waals surface area contributed by atoms with Crippen molar-refractivity contribution in [3.63, 3.8) is 0 Å². The zero-order chi connectivity index (χ0) is 8.43. The van der Waals surface area contributed by atoms with Crippen LogP contribution < -0.4 is 5.73 Å². The molecule has 0 aliphatic rings. The van der Waals surface area contributed by atoms with E-state index in [2.05, 4.69) is 4.98 Å². The summed E-state index contributed by atoms with van der Waals surface area (Å²) in [5.74, 6) is 0. The Morgan fingerprint density at radius 3 is 2.64 bits per heavy atom. The van der Waals surface area contributed by atoms with Crippen LogP contribution in [0.5, 0.6) is 0 Å². The zero-order valence-electron chi connectivity index (χ0n) is 5.34. The summed E-state index contributed by atoms with van der Waals surface area (Å²) in [5.41, 5.74) is 5.81. The van der Waals surface area contributed by atoms with Crippen LogP contribution in [-0.4, -0.2) is 11.3 Å². The van der Waals surface area contributed by atoms with Crippen molar-refractivity contribution in [2.24, 2.45) is 0 Å². The van der Waals surface area contributed by atoms with E-state index in [0.29, 0.717) is 6.29 Å². The van der Waals surface area contributed by atoms with Gasteiger partial charge in [-0.1, -0.05) is 23.2 Å². The highest BCUT2D eigenvalue weighted by atomic mass is 35.5. The van der Waals surface area contributed by atoms with E-state index in [4.69, 9.17) is 28.9 Å². The third kappa shape index (κ3) is 1.61. The average Bonchev–Trinajstić information content (AvgIpc) is 1.85. The van der Waals surface area contributed by atoms with Gasteiger partial charge in [0, 0.05) is 5.69 Å². The molecule has 58 valence electrons. The summed E-state index contributed by atoms with van der Waals surface area (Å²) < 4.78 is 0. The molecule has 1 rings (SSSR count). The predicted molar refractivity (Wildman–Crippen MR) is 44.1 cm³/mol. The Balaban J connectivity index is 3.36. The third-order valence-corrected chi connectivity index (χ3v) is 1.61. The number of carbonyl (C=O) groups excluding carboxylic acids is 1. The molecule has 0 aliphatic heterocycles. The number of rotatable bonds is 1. The lowest BCUT2D eigenvalue weighted by Gasteiger charge is -1.99. The van der Waals surface area contributed by atoms with Crippen molar-refractivity contribution in [3.8, 4) is 0 Å². The normalized spacial score (nSPS) is 9.64. The summed E-state index contributed by atoms with van der Waals surface area (Å²) in [6, 6.07) is 1.37. The number of aldehydes is 1. The first-order chi connectivity index (χ1) is 5.15. The van der Waals surface area contributed by atoms with Crippen molar-refractivity contribution in [3.05, 3.63) is 21.9 Å². The number of nitrogen functional groups attached to an aromatic ring is 1. The smallest absolute Gasteiger partial charge is 0.155 e. The van der Waals surface area contributed by atoms with Gasteiger partial charge in [-0.3, -0.25) is 4.79 Å². The highest BCUT2D eigenvalue weighted by molar-refractivity contribution is 6.34. The maximum absolute atomic E-state index is 10.3. The van der Waals surface area contributed by atoms with Crippen LogP contribution in [0.1, 0.15) is 10.4 Å². The van der Waals surface area contributed by atoms with E-state index in [1.54, 1.807) is 0 Å². The van der Waals surface area contributed by atoms with Crippen LogP contribution in [-0.2, 0) is 0 Å². The van der Waals surface area contributed by atoms with Crippen LogP contribution in [0.2, 0.25) is 10.3 Å². The lowest BCUT2D eigenvalue weighted by Crippen LogP contribution is -1.95. The van der Waals surface area contributed by atoms with Crippen LogP contribution in [0, 0.1) is 0 Å². The molecule has 0 saturated carbocycles. The summed E-state index contributed by atoms with van der Waals surface area (Å²) in [4.78, 5) is 13.9. The second-order valence-electron chi connectivity index (χ2n) is 1.86. The lowest BCUT2D eigenvalue weighted by molar-refractivity contribution is 0.112. The molecule has 0 aromatic carbocycles. The van der Waals surface area contributed by atoms with E-state index in [-0.39, 0.29) is 21.6 Å². The minimum atomic E-state index is 0.0324. The molecule has 5 heteroatoms. The maximum atomic E-state index is 10.3. The second kappa shape index (κ2) is 3.07. The van der Waals surface area contributed by atoms with E-state index >= 15 is 0 Å². The van der Waals surface area contributed by atoms with Gasteiger partial charge in [-0.25, -0.2) is 4.98 Å². The number of nitrogens with zero attached hydrogens (tertiary/aromatic N) is 1. The van der Waals surface area contributed by atoms with Crippen LogP contribution in [0.25, 0.3) is 0 Å². The summed E-state index contributed by atoms with van der Waals surface area (Å²) in [6.07, 6.45) is 0.543. The molecule has 0 aliphatic carbocycles. The first-order valence-electron chi connectivity index (χ1n) is 2.72. The van der Waals surface area contributed by atoms with Crippen molar-refractivity contribution >= 4 is 35.2 Å². The zero-order valence-corrected chi connectivity index (χ0v) is 6.86. The van der Waals surface area contributed by atoms with Gasteiger partial charge in [0.1, 0.15) is 10.3 Å². The molecule has 2 N–H and O–H groups in total. The van der Waals surface area contributed by atoms with Crippen molar-refractivity contribution in [2.45, 2.75) is 0 Å². The Morgan fingerprint density at radius 1 is 1.55 bits per heavy atom. The molecule has 0 spiro atoms. The molecule has 0 unspecified atom stereocenters.